The van der Waals surface area contributed by atoms with Crippen LogP contribution < -0.4 is 0 Å². The Labute approximate surface area is 116 Å². The van der Waals surface area contributed by atoms with Crippen LogP contribution in [0.15, 0.2) is 42.5 Å². The Morgan fingerprint density at radius 2 is 1.80 bits per heavy atom. The standard InChI is InChI=1S/C14H8F3NOS/c15-14(16,17)8-5-6-10-12(7-8)20-13(18-10)9-3-1-2-4-11(9)19/h1-7,19H. The van der Waals surface area contributed by atoms with Gasteiger partial charge in [-0.2, -0.15) is 13.2 Å². The summed E-state index contributed by atoms with van der Waals surface area (Å²) in [6, 6.07) is 10.0. The molecular weight excluding hydrogens is 287 g/mol. The highest BCUT2D eigenvalue weighted by Crippen LogP contribution is 2.37. The minimum absolute atomic E-state index is 0.0580. The molecule has 102 valence electrons. The first-order valence-corrected chi connectivity index (χ1v) is 6.53. The monoisotopic (exact) mass is 295 g/mol. The van der Waals surface area contributed by atoms with E-state index in [2.05, 4.69) is 4.98 Å². The van der Waals surface area contributed by atoms with Gasteiger partial charge < -0.3 is 5.11 Å². The molecule has 3 rings (SSSR count). The molecule has 0 bridgehead atoms. The number of rotatable bonds is 1. The van der Waals surface area contributed by atoms with Crippen LogP contribution in [-0.4, -0.2) is 10.1 Å². The van der Waals surface area contributed by atoms with Crippen LogP contribution in [-0.2, 0) is 6.18 Å². The molecule has 3 aromatic rings. The molecule has 0 aliphatic rings. The fourth-order valence-electron chi connectivity index (χ4n) is 1.87. The van der Waals surface area contributed by atoms with Crippen molar-refractivity contribution in [2.45, 2.75) is 6.18 Å². The Morgan fingerprint density at radius 3 is 2.50 bits per heavy atom. The fraction of sp³-hybridized carbons (Fsp3) is 0.0714. The van der Waals surface area contributed by atoms with Gasteiger partial charge >= 0.3 is 6.18 Å². The van der Waals surface area contributed by atoms with Gasteiger partial charge in [-0.1, -0.05) is 12.1 Å². The highest BCUT2D eigenvalue weighted by molar-refractivity contribution is 7.21. The van der Waals surface area contributed by atoms with E-state index >= 15 is 0 Å². The van der Waals surface area contributed by atoms with Crippen molar-refractivity contribution >= 4 is 21.6 Å². The lowest BCUT2D eigenvalue weighted by Crippen LogP contribution is -2.03. The molecular formula is C14H8F3NOS. The zero-order chi connectivity index (χ0) is 14.3. The predicted molar refractivity (Wildman–Crippen MR) is 71.7 cm³/mol. The van der Waals surface area contributed by atoms with Crippen molar-refractivity contribution < 1.29 is 18.3 Å². The van der Waals surface area contributed by atoms with Gasteiger partial charge in [0.2, 0.25) is 0 Å². The number of hydrogen-bond donors (Lipinski definition) is 1. The number of thiazole rings is 1. The highest BCUT2D eigenvalue weighted by Gasteiger charge is 2.30. The first-order chi connectivity index (χ1) is 9.45. The maximum absolute atomic E-state index is 12.7. The summed E-state index contributed by atoms with van der Waals surface area (Å²) in [5.41, 5.74) is 0.306. The summed E-state index contributed by atoms with van der Waals surface area (Å²) in [5.74, 6) is 0.0580. The number of alkyl halides is 3. The molecule has 0 atom stereocenters. The molecule has 2 nitrogen and oxygen atoms in total. The van der Waals surface area contributed by atoms with Crippen LogP contribution in [0.1, 0.15) is 5.56 Å². The van der Waals surface area contributed by atoms with Crippen LogP contribution in [0.3, 0.4) is 0 Å². The van der Waals surface area contributed by atoms with Crippen LogP contribution in [0, 0.1) is 0 Å². The molecule has 0 aliphatic heterocycles. The molecule has 1 N–H and O–H groups in total. The fourth-order valence-corrected chi connectivity index (χ4v) is 2.91. The van der Waals surface area contributed by atoms with Crippen LogP contribution >= 0.6 is 11.3 Å². The lowest BCUT2D eigenvalue weighted by atomic mass is 10.2. The summed E-state index contributed by atoms with van der Waals surface area (Å²) in [7, 11) is 0. The zero-order valence-electron chi connectivity index (χ0n) is 9.98. The topological polar surface area (TPSA) is 33.1 Å². The number of para-hydroxylation sites is 1. The highest BCUT2D eigenvalue weighted by atomic mass is 32.1. The number of benzene rings is 2. The molecule has 0 radical (unpaired) electrons. The summed E-state index contributed by atoms with van der Waals surface area (Å²) in [5, 5.41) is 10.3. The van der Waals surface area contributed by atoms with Crippen molar-refractivity contribution in [1.82, 2.24) is 4.98 Å². The third-order valence-corrected chi connectivity index (χ3v) is 3.90. The zero-order valence-corrected chi connectivity index (χ0v) is 10.8. The molecule has 0 spiro atoms. The van der Waals surface area contributed by atoms with Gasteiger partial charge in [0.25, 0.3) is 0 Å². The van der Waals surface area contributed by atoms with E-state index in [9.17, 15) is 18.3 Å². The molecule has 0 saturated carbocycles. The van der Waals surface area contributed by atoms with Gasteiger partial charge in [-0.3, -0.25) is 0 Å². The van der Waals surface area contributed by atoms with Gasteiger partial charge in [0.1, 0.15) is 10.8 Å². The maximum atomic E-state index is 12.7. The van der Waals surface area contributed by atoms with Gasteiger partial charge in [0.15, 0.2) is 0 Å². The summed E-state index contributed by atoms with van der Waals surface area (Å²) in [4.78, 5) is 4.26. The molecule has 20 heavy (non-hydrogen) atoms. The van der Waals surface area contributed by atoms with Gasteiger partial charge in [-0.05, 0) is 30.3 Å². The van der Waals surface area contributed by atoms with Crippen LogP contribution in [0.4, 0.5) is 13.2 Å². The second-order valence-corrected chi connectivity index (χ2v) is 5.25. The van der Waals surface area contributed by atoms with E-state index in [0.29, 0.717) is 20.8 Å². The molecule has 6 heteroatoms. The predicted octanol–water partition coefficient (Wildman–Crippen LogP) is 4.69. The van der Waals surface area contributed by atoms with E-state index in [1.54, 1.807) is 18.2 Å². The minimum Gasteiger partial charge on any atom is -0.507 e. The number of aromatic hydroxyl groups is 1. The smallest absolute Gasteiger partial charge is 0.416 e. The van der Waals surface area contributed by atoms with E-state index < -0.39 is 11.7 Å². The number of fused-ring (bicyclic) bond motifs is 1. The molecule has 0 aliphatic carbocycles. The molecule has 0 fully saturated rings. The van der Waals surface area contributed by atoms with Crippen molar-refractivity contribution in [3.63, 3.8) is 0 Å². The lowest BCUT2D eigenvalue weighted by molar-refractivity contribution is -0.137. The van der Waals surface area contributed by atoms with Gasteiger partial charge in [-0.15, -0.1) is 11.3 Å². The maximum Gasteiger partial charge on any atom is 0.416 e. The average Bonchev–Trinajstić information content (AvgIpc) is 2.80. The largest absolute Gasteiger partial charge is 0.507 e. The number of halogens is 3. The Bertz CT molecular complexity index is 779. The molecule has 0 unspecified atom stereocenters. The first-order valence-electron chi connectivity index (χ1n) is 5.71. The number of hydrogen-bond acceptors (Lipinski definition) is 3. The molecule has 0 saturated heterocycles. The summed E-state index contributed by atoms with van der Waals surface area (Å²) in [6.07, 6.45) is -4.37. The van der Waals surface area contributed by atoms with Crippen LogP contribution in [0.5, 0.6) is 5.75 Å². The second-order valence-electron chi connectivity index (χ2n) is 4.22. The molecule has 1 heterocycles. The second kappa shape index (κ2) is 4.49. The normalized spacial score (nSPS) is 11.9. The van der Waals surface area contributed by atoms with Crippen molar-refractivity contribution in [1.29, 1.82) is 0 Å². The van der Waals surface area contributed by atoms with Gasteiger partial charge in [-0.25, -0.2) is 4.98 Å². The van der Waals surface area contributed by atoms with Crippen LogP contribution in [0.2, 0.25) is 0 Å². The van der Waals surface area contributed by atoms with Crippen LogP contribution in [0.25, 0.3) is 20.8 Å². The third-order valence-electron chi connectivity index (χ3n) is 2.85. The number of nitrogens with zero attached hydrogens (tertiary/aromatic N) is 1. The minimum atomic E-state index is -4.37. The van der Waals surface area contributed by atoms with E-state index in [1.807, 2.05) is 0 Å². The van der Waals surface area contributed by atoms with Crippen molar-refractivity contribution in [2.24, 2.45) is 0 Å². The van der Waals surface area contributed by atoms with Gasteiger partial charge in [0, 0.05) is 0 Å². The first kappa shape index (κ1) is 12.9. The van der Waals surface area contributed by atoms with E-state index in [4.69, 9.17) is 0 Å². The summed E-state index contributed by atoms with van der Waals surface area (Å²) >= 11 is 1.12. The van der Waals surface area contributed by atoms with Gasteiger partial charge in [0.05, 0.1) is 21.3 Å². The SMILES string of the molecule is Oc1ccccc1-c1nc2ccc(C(F)(F)F)cc2s1. The van der Waals surface area contributed by atoms with E-state index in [1.165, 1.54) is 12.1 Å². The van der Waals surface area contributed by atoms with Crippen molar-refractivity contribution in [3.05, 3.63) is 48.0 Å². The van der Waals surface area contributed by atoms with Crippen molar-refractivity contribution in [2.75, 3.05) is 0 Å². The summed E-state index contributed by atoms with van der Waals surface area (Å²) < 4.78 is 38.4. The number of phenolic OH excluding ortho intramolecular Hbond substituents is 1. The third kappa shape index (κ3) is 2.22. The quantitative estimate of drug-likeness (QED) is 0.706. The Balaban J connectivity index is 2.14. The number of phenols is 1. The summed E-state index contributed by atoms with van der Waals surface area (Å²) in [6.45, 7) is 0. The van der Waals surface area contributed by atoms with E-state index in [0.717, 1.165) is 23.5 Å². The molecule has 2 aromatic carbocycles. The van der Waals surface area contributed by atoms with E-state index in [-0.39, 0.29) is 5.75 Å². The van der Waals surface area contributed by atoms with Crippen molar-refractivity contribution in [3.8, 4) is 16.3 Å². The average molecular weight is 295 g/mol. The Hall–Kier alpha value is -2.08. The lowest BCUT2D eigenvalue weighted by Gasteiger charge is -2.04. The number of aromatic nitrogens is 1. The molecule has 0 amide bonds. The Morgan fingerprint density at radius 1 is 1.05 bits per heavy atom. The Kier molecular flexibility index (Phi) is 2.90. The molecule has 1 aromatic heterocycles.